The highest BCUT2D eigenvalue weighted by molar-refractivity contribution is 7.21. The molecule has 3 rings (SSSR count). The molecule has 19 heavy (non-hydrogen) atoms. The quantitative estimate of drug-likeness (QED) is 0.890. The first-order chi connectivity index (χ1) is 9.24. The summed E-state index contributed by atoms with van der Waals surface area (Å²) in [7, 11) is 0. The number of hydrogen-bond donors (Lipinski definition) is 2. The Bertz CT molecular complexity index is 558. The van der Waals surface area contributed by atoms with Crippen LogP contribution in [-0.4, -0.2) is 17.6 Å². The summed E-state index contributed by atoms with van der Waals surface area (Å²) in [6.07, 6.45) is 1.37. The number of hydrogen-bond acceptors (Lipinski definition) is 4. The Balaban J connectivity index is 1.60. The first kappa shape index (κ1) is 12.8. The number of nitrogens with one attached hydrogen (secondary N) is 1. The minimum absolute atomic E-state index is 0.0779. The third-order valence-electron chi connectivity index (χ3n) is 3.14. The van der Waals surface area contributed by atoms with Gasteiger partial charge in [-0.2, -0.15) is 0 Å². The van der Waals surface area contributed by atoms with E-state index in [4.69, 9.17) is 0 Å². The molecule has 2 heterocycles. The van der Waals surface area contributed by atoms with Gasteiger partial charge in [0.2, 0.25) is 5.91 Å². The van der Waals surface area contributed by atoms with Crippen LogP contribution in [-0.2, 0) is 4.79 Å². The van der Waals surface area contributed by atoms with E-state index in [1.165, 1.54) is 4.88 Å². The van der Waals surface area contributed by atoms with E-state index in [0.29, 0.717) is 6.54 Å². The number of carbonyl (C=O) groups excluding carboxylic acids is 1. The molecule has 0 aromatic carbocycles. The normalized spacial score (nSPS) is 16.3. The highest BCUT2D eigenvalue weighted by Crippen LogP contribution is 2.34. The van der Waals surface area contributed by atoms with Crippen molar-refractivity contribution in [1.82, 2.24) is 5.32 Å². The van der Waals surface area contributed by atoms with Gasteiger partial charge in [0.05, 0.1) is 0 Å². The number of amides is 1. The molecule has 0 bridgehead atoms. The summed E-state index contributed by atoms with van der Waals surface area (Å²) in [6, 6.07) is 8.05. The zero-order valence-electron chi connectivity index (χ0n) is 10.3. The second-order valence-corrected chi connectivity index (χ2v) is 6.78. The van der Waals surface area contributed by atoms with Crippen LogP contribution in [0.2, 0.25) is 0 Å². The van der Waals surface area contributed by atoms with Crippen LogP contribution in [0.5, 0.6) is 0 Å². The number of thiophene rings is 2. The predicted octanol–water partition coefficient (Wildman–Crippen LogP) is 3.04. The summed E-state index contributed by atoms with van der Waals surface area (Å²) >= 11 is 3.27. The Morgan fingerprint density at radius 2 is 2.21 bits per heavy atom. The standard InChI is InChI=1S/C14H15NO2S2/c16-10(8-15-14(17)9-3-4-9)11-5-6-13(19-11)12-2-1-7-18-12/h1-2,5-7,9-10,16H,3-4,8H2,(H,15,17). The van der Waals surface area contributed by atoms with Crippen LogP contribution >= 0.6 is 22.7 Å². The molecular formula is C14H15NO2S2. The molecule has 1 unspecified atom stereocenters. The molecule has 1 atom stereocenters. The highest BCUT2D eigenvalue weighted by atomic mass is 32.1. The average molecular weight is 293 g/mol. The first-order valence-corrected chi connectivity index (χ1v) is 8.03. The van der Waals surface area contributed by atoms with Crippen LogP contribution in [0.4, 0.5) is 0 Å². The Morgan fingerprint density at radius 3 is 2.89 bits per heavy atom. The molecule has 0 aliphatic heterocycles. The zero-order chi connectivity index (χ0) is 13.2. The van der Waals surface area contributed by atoms with Crippen molar-refractivity contribution in [2.24, 2.45) is 5.92 Å². The molecule has 1 aliphatic rings. The van der Waals surface area contributed by atoms with E-state index < -0.39 is 6.10 Å². The molecule has 1 aliphatic carbocycles. The van der Waals surface area contributed by atoms with Gasteiger partial charge in [-0.1, -0.05) is 6.07 Å². The largest absolute Gasteiger partial charge is 0.386 e. The molecule has 3 nitrogen and oxygen atoms in total. The minimum atomic E-state index is -0.610. The van der Waals surface area contributed by atoms with Crippen molar-refractivity contribution in [2.45, 2.75) is 18.9 Å². The Kier molecular flexibility index (Phi) is 3.68. The van der Waals surface area contributed by atoms with Gasteiger partial charge in [0.1, 0.15) is 6.10 Å². The molecule has 100 valence electrons. The second-order valence-electron chi connectivity index (χ2n) is 4.71. The Labute approximate surface area is 119 Å². The van der Waals surface area contributed by atoms with Gasteiger partial charge >= 0.3 is 0 Å². The lowest BCUT2D eigenvalue weighted by Crippen LogP contribution is -2.29. The molecule has 2 aromatic rings. The molecule has 1 saturated carbocycles. The van der Waals surface area contributed by atoms with Crippen molar-refractivity contribution in [3.05, 3.63) is 34.5 Å². The molecule has 5 heteroatoms. The fraction of sp³-hybridized carbons (Fsp3) is 0.357. The van der Waals surface area contributed by atoms with Crippen LogP contribution in [0.3, 0.4) is 0 Å². The zero-order valence-corrected chi connectivity index (χ0v) is 12.0. The van der Waals surface area contributed by atoms with E-state index in [2.05, 4.69) is 11.4 Å². The number of aliphatic hydroxyl groups is 1. The van der Waals surface area contributed by atoms with Crippen LogP contribution < -0.4 is 5.32 Å². The van der Waals surface area contributed by atoms with Gasteiger partial charge < -0.3 is 10.4 Å². The smallest absolute Gasteiger partial charge is 0.223 e. The van der Waals surface area contributed by atoms with E-state index in [-0.39, 0.29) is 11.8 Å². The highest BCUT2D eigenvalue weighted by Gasteiger charge is 2.29. The average Bonchev–Trinajstić information content (AvgIpc) is 2.94. The van der Waals surface area contributed by atoms with Crippen molar-refractivity contribution in [1.29, 1.82) is 0 Å². The number of rotatable bonds is 5. The van der Waals surface area contributed by atoms with Crippen LogP contribution in [0.15, 0.2) is 29.6 Å². The van der Waals surface area contributed by atoms with Gasteiger partial charge in [0, 0.05) is 27.1 Å². The van der Waals surface area contributed by atoms with Crippen molar-refractivity contribution < 1.29 is 9.90 Å². The Morgan fingerprint density at radius 1 is 1.37 bits per heavy atom. The number of carbonyl (C=O) groups is 1. The van der Waals surface area contributed by atoms with Crippen molar-refractivity contribution in [2.75, 3.05) is 6.54 Å². The Hall–Kier alpha value is -1.17. The van der Waals surface area contributed by atoms with Crippen molar-refractivity contribution in [3.63, 3.8) is 0 Å². The van der Waals surface area contributed by atoms with Gasteiger partial charge in [-0.3, -0.25) is 4.79 Å². The predicted molar refractivity (Wildman–Crippen MR) is 78.3 cm³/mol. The minimum Gasteiger partial charge on any atom is -0.386 e. The van der Waals surface area contributed by atoms with E-state index in [1.807, 2.05) is 23.6 Å². The molecular weight excluding hydrogens is 278 g/mol. The second kappa shape index (κ2) is 5.45. The summed E-state index contributed by atoms with van der Waals surface area (Å²) in [5, 5.41) is 14.9. The molecule has 0 saturated heterocycles. The van der Waals surface area contributed by atoms with Gasteiger partial charge in [-0.25, -0.2) is 0 Å². The van der Waals surface area contributed by atoms with Crippen LogP contribution in [0.1, 0.15) is 23.8 Å². The molecule has 1 fully saturated rings. The summed E-state index contributed by atoms with van der Waals surface area (Å²) in [5.41, 5.74) is 0. The van der Waals surface area contributed by atoms with E-state index in [9.17, 15) is 9.90 Å². The first-order valence-electron chi connectivity index (χ1n) is 6.33. The lowest BCUT2D eigenvalue weighted by molar-refractivity contribution is -0.122. The van der Waals surface area contributed by atoms with Crippen LogP contribution in [0.25, 0.3) is 9.75 Å². The molecule has 1 amide bonds. The lowest BCUT2D eigenvalue weighted by atomic mass is 10.2. The van der Waals surface area contributed by atoms with Crippen LogP contribution in [0, 0.1) is 5.92 Å². The van der Waals surface area contributed by atoms with Gasteiger partial charge in [0.15, 0.2) is 0 Å². The van der Waals surface area contributed by atoms with E-state index >= 15 is 0 Å². The van der Waals surface area contributed by atoms with E-state index in [1.54, 1.807) is 22.7 Å². The fourth-order valence-corrected chi connectivity index (χ4v) is 3.70. The third kappa shape index (κ3) is 3.05. The molecule has 0 spiro atoms. The summed E-state index contributed by atoms with van der Waals surface area (Å²) in [4.78, 5) is 14.8. The summed E-state index contributed by atoms with van der Waals surface area (Å²) < 4.78 is 0. The van der Waals surface area contributed by atoms with Gasteiger partial charge in [-0.15, -0.1) is 22.7 Å². The maximum absolute atomic E-state index is 11.5. The van der Waals surface area contributed by atoms with Gasteiger partial charge in [0.25, 0.3) is 0 Å². The maximum atomic E-state index is 11.5. The van der Waals surface area contributed by atoms with Gasteiger partial charge in [-0.05, 0) is 36.4 Å². The maximum Gasteiger partial charge on any atom is 0.223 e. The number of aliphatic hydroxyl groups excluding tert-OH is 1. The van der Waals surface area contributed by atoms with E-state index in [0.717, 1.165) is 22.6 Å². The fourth-order valence-electron chi connectivity index (χ4n) is 1.87. The molecule has 2 aromatic heterocycles. The molecule has 2 N–H and O–H groups in total. The van der Waals surface area contributed by atoms with Crippen molar-refractivity contribution >= 4 is 28.6 Å². The topological polar surface area (TPSA) is 49.3 Å². The third-order valence-corrected chi connectivity index (χ3v) is 5.39. The summed E-state index contributed by atoms with van der Waals surface area (Å²) in [5.74, 6) is 0.270. The SMILES string of the molecule is O=C(NCC(O)c1ccc(-c2cccs2)s1)C1CC1. The summed E-state index contributed by atoms with van der Waals surface area (Å²) in [6.45, 7) is 0.305. The molecule has 0 radical (unpaired) electrons. The monoisotopic (exact) mass is 293 g/mol. The van der Waals surface area contributed by atoms with Crippen molar-refractivity contribution in [3.8, 4) is 9.75 Å². The lowest BCUT2D eigenvalue weighted by Gasteiger charge is -2.09.